The quantitative estimate of drug-likeness (QED) is 0.928. The molecule has 1 aliphatic heterocycles. The Balaban J connectivity index is 1.85. The molecule has 2 unspecified atom stereocenters. The zero-order valence-electron chi connectivity index (χ0n) is 13.1. The molecule has 1 amide bonds. The van der Waals surface area contributed by atoms with Gasteiger partial charge in [0.1, 0.15) is 0 Å². The first-order chi connectivity index (χ1) is 9.99. The molecule has 2 atom stereocenters. The van der Waals surface area contributed by atoms with E-state index in [2.05, 4.69) is 18.9 Å². The van der Waals surface area contributed by atoms with Crippen molar-refractivity contribution in [1.29, 1.82) is 0 Å². The average molecular weight is 291 g/mol. The summed E-state index contributed by atoms with van der Waals surface area (Å²) in [5.74, 6) is 0.799. The molecule has 1 saturated heterocycles. The van der Waals surface area contributed by atoms with Crippen LogP contribution in [0.5, 0.6) is 0 Å². The molecule has 5 heteroatoms. The largest absolute Gasteiger partial charge is 0.391 e. The molecule has 0 bridgehead atoms. The first-order valence-electron chi connectivity index (χ1n) is 8.03. The van der Waals surface area contributed by atoms with Crippen molar-refractivity contribution in [2.75, 3.05) is 13.1 Å². The van der Waals surface area contributed by atoms with Gasteiger partial charge in [0.15, 0.2) is 0 Å². The highest BCUT2D eigenvalue weighted by Gasteiger charge is 2.36. The average Bonchev–Trinajstić information content (AvgIpc) is 3.19. The van der Waals surface area contributed by atoms with E-state index in [0.717, 1.165) is 37.1 Å². The summed E-state index contributed by atoms with van der Waals surface area (Å²) in [7, 11) is 0. The lowest BCUT2D eigenvalue weighted by Gasteiger charge is -2.34. The maximum Gasteiger partial charge on any atom is 0.257 e. The van der Waals surface area contributed by atoms with Crippen molar-refractivity contribution in [3.8, 4) is 0 Å². The highest BCUT2D eigenvalue weighted by molar-refractivity contribution is 5.95. The number of nitrogens with zero attached hydrogens (tertiary/aromatic N) is 3. The van der Waals surface area contributed by atoms with Crippen LogP contribution in [0.1, 0.15) is 68.0 Å². The van der Waals surface area contributed by atoms with Gasteiger partial charge in [-0.3, -0.25) is 9.48 Å². The molecule has 3 rings (SSSR count). The number of rotatable bonds is 3. The fourth-order valence-electron chi connectivity index (χ4n) is 3.12. The van der Waals surface area contributed by atoms with Crippen molar-refractivity contribution in [3.05, 3.63) is 17.5 Å². The highest BCUT2D eigenvalue weighted by atomic mass is 16.3. The van der Waals surface area contributed by atoms with Gasteiger partial charge in [-0.2, -0.15) is 5.10 Å². The number of aliphatic hydroxyl groups excluding tert-OH is 1. The van der Waals surface area contributed by atoms with E-state index in [0.29, 0.717) is 12.5 Å². The summed E-state index contributed by atoms with van der Waals surface area (Å²) in [5.41, 5.74) is 1.84. The summed E-state index contributed by atoms with van der Waals surface area (Å²) in [6, 6.07) is 0.272. The Kier molecular flexibility index (Phi) is 3.78. The van der Waals surface area contributed by atoms with Gasteiger partial charge >= 0.3 is 0 Å². The Bertz CT molecular complexity index is 534. The van der Waals surface area contributed by atoms with Crippen LogP contribution in [-0.2, 0) is 0 Å². The van der Waals surface area contributed by atoms with Crippen molar-refractivity contribution in [1.82, 2.24) is 14.7 Å². The van der Waals surface area contributed by atoms with E-state index in [-0.39, 0.29) is 17.9 Å². The Morgan fingerprint density at radius 1 is 1.38 bits per heavy atom. The van der Waals surface area contributed by atoms with E-state index in [1.807, 2.05) is 11.6 Å². The van der Waals surface area contributed by atoms with E-state index in [1.165, 1.54) is 0 Å². The molecule has 2 fully saturated rings. The van der Waals surface area contributed by atoms with Gasteiger partial charge in [-0.25, -0.2) is 0 Å². The summed E-state index contributed by atoms with van der Waals surface area (Å²) >= 11 is 0. The Labute approximate surface area is 125 Å². The topological polar surface area (TPSA) is 58.4 Å². The monoisotopic (exact) mass is 291 g/mol. The van der Waals surface area contributed by atoms with Crippen LogP contribution in [0.2, 0.25) is 0 Å². The van der Waals surface area contributed by atoms with Crippen LogP contribution in [0.25, 0.3) is 0 Å². The summed E-state index contributed by atoms with van der Waals surface area (Å²) in [6.07, 6.45) is 4.48. The minimum absolute atomic E-state index is 0.0368. The van der Waals surface area contributed by atoms with E-state index in [9.17, 15) is 9.90 Å². The van der Waals surface area contributed by atoms with Gasteiger partial charge in [-0.05, 0) is 39.0 Å². The molecule has 116 valence electrons. The number of likely N-dealkylation sites (tertiary alicyclic amines) is 1. The molecule has 2 aliphatic rings. The lowest BCUT2D eigenvalue weighted by molar-refractivity contribution is 0.0248. The number of piperidine rings is 1. The molecule has 0 aromatic carbocycles. The summed E-state index contributed by atoms with van der Waals surface area (Å²) in [6.45, 7) is 7.41. The van der Waals surface area contributed by atoms with Gasteiger partial charge in [0.2, 0.25) is 0 Å². The van der Waals surface area contributed by atoms with Crippen LogP contribution in [0, 0.1) is 5.92 Å². The van der Waals surface area contributed by atoms with Gasteiger partial charge < -0.3 is 10.0 Å². The normalized spacial score (nSPS) is 26.4. The summed E-state index contributed by atoms with van der Waals surface area (Å²) < 4.78 is 1.99. The molecule has 1 aromatic rings. The lowest BCUT2D eigenvalue weighted by Crippen LogP contribution is -2.46. The van der Waals surface area contributed by atoms with Crippen LogP contribution in [0.3, 0.4) is 0 Å². The van der Waals surface area contributed by atoms with Crippen molar-refractivity contribution < 1.29 is 9.90 Å². The third-order valence-corrected chi connectivity index (χ3v) is 4.72. The smallest absolute Gasteiger partial charge is 0.257 e. The molecule has 0 radical (unpaired) electrons. The van der Waals surface area contributed by atoms with Crippen molar-refractivity contribution in [2.24, 2.45) is 5.92 Å². The zero-order valence-corrected chi connectivity index (χ0v) is 13.1. The minimum atomic E-state index is -0.410. The van der Waals surface area contributed by atoms with E-state index < -0.39 is 6.10 Å². The van der Waals surface area contributed by atoms with Crippen LogP contribution >= 0.6 is 0 Å². The van der Waals surface area contributed by atoms with Gasteiger partial charge in [0.05, 0.1) is 23.6 Å². The van der Waals surface area contributed by atoms with Crippen molar-refractivity contribution >= 4 is 5.91 Å². The maximum absolute atomic E-state index is 12.8. The molecule has 5 nitrogen and oxygen atoms in total. The number of β-amino-alcohol motifs (C(OH)–C–C–N with tert-alkyl or cyclic N) is 1. The molecular formula is C16H25N3O2. The second-order valence-electron chi connectivity index (χ2n) is 6.84. The summed E-state index contributed by atoms with van der Waals surface area (Å²) in [4.78, 5) is 14.6. The molecular weight excluding hydrogens is 266 g/mol. The Morgan fingerprint density at radius 3 is 2.67 bits per heavy atom. The predicted octanol–water partition coefficient (Wildman–Crippen LogP) is 2.18. The first-order valence-corrected chi connectivity index (χ1v) is 8.03. The van der Waals surface area contributed by atoms with Gasteiger partial charge in [-0.1, -0.05) is 6.92 Å². The van der Waals surface area contributed by atoms with Crippen LogP contribution in [-0.4, -0.2) is 44.9 Å². The number of aliphatic hydroxyl groups is 1. The van der Waals surface area contributed by atoms with E-state index >= 15 is 0 Å². The highest BCUT2D eigenvalue weighted by Crippen LogP contribution is 2.42. The number of carbonyl (C=O) groups excluding carboxylic acids is 1. The van der Waals surface area contributed by atoms with Crippen molar-refractivity contribution in [2.45, 2.75) is 58.1 Å². The molecule has 1 aromatic heterocycles. The maximum atomic E-state index is 12.8. The fraction of sp³-hybridized carbons (Fsp3) is 0.750. The minimum Gasteiger partial charge on any atom is -0.391 e. The Hall–Kier alpha value is -1.36. The predicted molar refractivity (Wildman–Crippen MR) is 80.3 cm³/mol. The number of amides is 1. The molecule has 2 heterocycles. The van der Waals surface area contributed by atoms with Crippen LogP contribution in [0.4, 0.5) is 0 Å². The van der Waals surface area contributed by atoms with Gasteiger partial charge in [0, 0.05) is 25.0 Å². The van der Waals surface area contributed by atoms with Crippen molar-refractivity contribution in [3.63, 3.8) is 0 Å². The molecule has 21 heavy (non-hydrogen) atoms. The van der Waals surface area contributed by atoms with E-state index in [4.69, 9.17) is 0 Å². The van der Waals surface area contributed by atoms with Gasteiger partial charge in [-0.15, -0.1) is 0 Å². The zero-order chi connectivity index (χ0) is 15.1. The number of carbonyl (C=O) groups is 1. The lowest BCUT2D eigenvalue weighted by atomic mass is 9.95. The number of hydrogen-bond donors (Lipinski definition) is 1. The van der Waals surface area contributed by atoms with Crippen LogP contribution < -0.4 is 0 Å². The molecule has 1 N–H and O–H groups in total. The SMILES string of the molecule is CC1CCN(C(=O)c2cnn(C(C)C)c2C2CC2)CC1O. The second-order valence-corrected chi connectivity index (χ2v) is 6.84. The third kappa shape index (κ3) is 2.71. The first kappa shape index (κ1) is 14.6. The van der Waals surface area contributed by atoms with Crippen LogP contribution in [0.15, 0.2) is 6.20 Å². The standard InChI is InChI=1S/C16H25N3O2/c1-10(2)19-15(12-4-5-12)13(8-17-19)16(21)18-7-6-11(3)14(20)9-18/h8,10-12,14,20H,4-7,9H2,1-3H3. The third-order valence-electron chi connectivity index (χ3n) is 4.72. The number of hydrogen-bond acceptors (Lipinski definition) is 3. The van der Waals surface area contributed by atoms with Gasteiger partial charge in [0.25, 0.3) is 5.91 Å². The summed E-state index contributed by atoms with van der Waals surface area (Å²) in [5, 5.41) is 14.4. The molecule has 1 saturated carbocycles. The second kappa shape index (κ2) is 5.44. The molecule has 1 aliphatic carbocycles. The fourth-order valence-corrected chi connectivity index (χ4v) is 3.12. The number of aromatic nitrogens is 2. The van der Waals surface area contributed by atoms with E-state index in [1.54, 1.807) is 11.1 Å². The molecule has 0 spiro atoms. The Morgan fingerprint density at radius 2 is 2.10 bits per heavy atom.